The number of nitro groups is 1. The van der Waals surface area contributed by atoms with Gasteiger partial charge in [0.25, 0.3) is 5.69 Å². The zero-order valence-corrected chi connectivity index (χ0v) is 13.4. The molecule has 1 aromatic heterocycles. The standard InChI is InChI=1S/C10H13ClN2O6S2/c1-18-10(2-3-19-6-10)5-12-21(16,17)8-4-7(13(14)15)9(11)20-8/h4,12H,2-3,5-6H2,1H3. The molecule has 0 bridgehead atoms. The smallest absolute Gasteiger partial charge is 0.300 e. The molecular weight excluding hydrogens is 344 g/mol. The Morgan fingerprint density at radius 3 is 2.86 bits per heavy atom. The number of methoxy groups -OCH3 is 1. The molecule has 21 heavy (non-hydrogen) atoms. The SMILES string of the molecule is COC1(CNS(=O)(=O)c2cc([N+](=O)[O-])c(Cl)s2)CCOC1. The number of rotatable bonds is 6. The van der Waals surface area contributed by atoms with Crippen molar-refractivity contribution < 1.29 is 22.8 Å². The number of nitrogens with zero attached hydrogens (tertiary/aromatic N) is 1. The maximum atomic E-state index is 12.2. The third kappa shape index (κ3) is 3.52. The van der Waals surface area contributed by atoms with Crippen LogP contribution in [0.15, 0.2) is 10.3 Å². The summed E-state index contributed by atoms with van der Waals surface area (Å²) in [5, 5.41) is 10.7. The Morgan fingerprint density at radius 2 is 2.38 bits per heavy atom. The molecule has 1 saturated heterocycles. The van der Waals surface area contributed by atoms with Crippen molar-refractivity contribution in [1.82, 2.24) is 4.72 Å². The van der Waals surface area contributed by atoms with Gasteiger partial charge < -0.3 is 9.47 Å². The van der Waals surface area contributed by atoms with Crippen LogP contribution in [0.1, 0.15) is 6.42 Å². The molecule has 1 aromatic rings. The summed E-state index contributed by atoms with van der Waals surface area (Å²) in [6.45, 7) is 0.804. The number of hydrogen-bond donors (Lipinski definition) is 1. The maximum Gasteiger partial charge on any atom is 0.300 e. The zero-order valence-electron chi connectivity index (χ0n) is 11.0. The lowest BCUT2D eigenvalue weighted by Gasteiger charge is -2.25. The molecule has 0 aliphatic carbocycles. The molecule has 11 heteroatoms. The van der Waals surface area contributed by atoms with Crippen molar-refractivity contribution in [2.45, 2.75) is 16.2 Å². The Hall–Kier alpha value is -0.780. The average molecular weight is 357 g/mol. The minimum absolute atomic E-state index is 0.0230. The lowest BCUT2D eigenvalue weighted by Crippen LogP contribution is -2.44. The number of halogens is 1. The molecule has 0 spiro atoms. The summed E-state index contributed by atoms with van der Waals surface area (Å²) in [5.41, 5.74) is -1.13. The second-order valence-corrected chi connectivity index (χ2v) is 8.14. The fourth-order valence-corrected chi connectivity index (χ4v) is 4.68. The van der Waals surface area contributed by atoms with Gasteiger partial charge in [-0.15, -0.1) is 11.3 Å². The average Bonchev–Trinajstić information content (AvgIpc) is 3.04. The summed E-state index contributed by atoms with van der Waals surface area (Å²) < 4.78 is 36.8. The second-order valence-electron chi connectivity index (χ2n) is 4.50. The molecule has 0 amide bonds. The molecule has 1 N–H and O–H groups in total. The van der Waals surface area contributed by atoms with Gasteiger partial charge in [-0.05, 0) is 0 Å². The van der Waals surface area contributed by atoms with Gasteiger partial charge in [0.1, 0.15) is 9.81 Å². The van der Waals surface area contributed by atoms with Crippen LogP contribution >= 0.6 is 22.9 Å². The summed E-state index contributed by atoms with van der Waals surface area (Å²) in [6.07, 6.45) is 0.567. The van der Waals surface area contributed by atoms with Gasteiger partial charge in [0.2, 0.25) is 10.0 Å². The normalized spacial score (nSPS) is 22.6. The van der Waals surface area contributed by atoms with E-state index in [1.807, 2.05) is 0 Å². The molecule has 0 saturated carbocycles. The maximum absolute atomic E-state index is 12.2. The van der Waals surface area contributed by atoms with Crippen LogP contribution in [0.5, 0.6) is 0 Å². The first-order valence-corrected chi connectivity index (χ1v) is 8.54. The highest BCUT2D eigenvalue weighted by Gasteiger charge is 2.37. The molecule has 2 heterocycles. The van der Waals surface area contributed by atoms with Crippen LogP contribution in [-0.4, -0.2) is 45.8 Å². The van der Waals surface area contributed by atoms with Crippen molar-refractivity contribution in [2.24, 2.45) is 0 Å². The van der Waals surface area contributed by atoms with Gasteiger partial charge in [-0.1, -0.05) is 11.6 Å². The molecule has 1 aliphatic heterocycles. The Bertz CT molecular complexity index is 638. The van der Waals surface area contributed by atoms with Crippen molar-refractivity contribution in [1.29, 1.82) is 0 Å². The van der Waals surface area contributed by atoms with E-state index in [2.05, 4.69) is 4.72 Å². The van der Waals surface area contributed by atoms with Crippen LogP contribution in [0.25, 0.3) is 0 Å². The minimum Gasteiger partial charge on any atom is -0.378 e. The minimum atomic E-state index is -3.89. The van der Waals surface area contributed by atoms with Crippen molar-refractivity contribution in [2.75, 3.05) is 26.9 Å². The Morgan fingerprint density at radius 1 is 1.67 bits per heavy atom. The van der Waals surface area contributed by atoms with Gasteiger partial charge in [-0.3, -0.25) is 10.1 Å². The van der Waals surface area contributed by atoms with Crippen molar-refractivity contribution in [3.05, 3.63) is 20.5 Å². The Kier molecular flexibility index (Phi) is 4.85. The summed E-state index contributed by atoms with van der Waals surface area (Å²) in [5.74, 6) is 0. The van der Waals surface area contributed by atoms with E-state index in [1.165, 1.54) is 7.11 Å². The van der Waals surface area contributed by atoms with Crippen LogP contribution < -0.4 is 4.72 Å². The van der Waals surface area contributed by atoms with E-state index in [-0.39, 0.29) is 21.7 Å². The van der Waals surface area contributed by atoms with Gasteiger partial charge in [0.05, 0.1) is 11.5 Å². The van der Waals surface area contributed by atoms with Crippen LogP contribution in [0.3, 0.4) is 0 Å². The molecular formula is C10H13ClN2O6S2. The van der Waals surface area contributed by atoms with Crippen molar-refractivity contribution in [3.8, 4) is 0 Å². The Labute approximate surface area is 130 Å². The molecule has 1 unspecified atom stereocenters. The highest BCUT2D eigenvalue weighted by molar-refractivity contribution is 7.91. The summed E-state index contributed by atoms with van der Waals surface area (Å²) >= 11 is 6.31. The fraction of sp³-hybridized carbons (Fsp3) is 0.600. The third-order valence-corrected chi connectivity index (χ3v) is 6.40. The highest BCUT2D eigenvalue weighted by atomic mass is 35.5. The van der Waals surface area contributed by atoms with Gasteiger partial charge in [-0.2, -0.15) is 0 Å². The third-order valence-electron chi connectivity index (χ3n) is 3.19. The predicted molar refractivity (Wildman–Crippen MR) is 76.3 cm³/mol. The zero-order chi connectivity index (χ0) is 15.7. The predicted octanol–water partition coefficient (Wildman–Crippen LogP) is 1.39. The van der Waals surface area contributed by atoms with Crippen molar-refractivity contribution in [3.63, 3.8) is 0 Å². The van der Waals surface area contributed by atoms with Crippen molar-refractivity contribution >= 4 is 38.6 Å². The second kappa shape index (κ2) is 6.15. The number of hydrogen-bond acceptors (Lipinski definition) is 7. The monoisotopic (exact) mass is 356 g/mol. The number of thiophene rings is 1. The first kappa shape index (κ1) is 16.6. The number of nitrogens with one attached hydrogen (secondary N) is 1. The molecule has 1 atom stereocenters. The molecule has 8 nitrogen and oxygen atoms in total. The lowest BCUT2D eigenvalue weighted by atomic mass is 10.0. The van der Waals surface area contributed by atoms with Gasteiger partial charge >= 0.3 is 0 Å². The molecule has 118 valence electrons. The summed E-state index contributed by atoms with van der Waals surface area (Å²) in [7, 11) is -2.41. The molecule has 0 radical (unpaired) electrons. The van der Waals surface area contributed by atoms with Crippen LogP contribution in [0.4, 0.5) is 5.69 Å². The number of sulfonamides is 1. The molecule has 0 aromatic carbocycles. The van der Waals surface area contributed by atoms with Gasteiger partial charge in [-0.25, -0.2) is 13.1 Å². The molecule has 2 rings (SSSR count). The summed E-state index contributed by atoms with van der Waals surface area (Å²) in [6, 6.07) is 0.944. The van der Waals surface area contributed by atoms with E-state index >= 15 is 0 Å². The number of ether oxygens (including phenoxy) is 2. The van der Waals surface area contributed by atoms with E-state index in [9.17, 15) is 18.5 Å². The quantitative estimate of drug-likeness (QED) is 0.609. The van der Waals surface area contributed by atoms with E-state index in [1.54, 1.807) is 0 Å². The van der Waals surface area contributed by atoms with Gasteiger partial charge in [0.15, 0.2) is 4.34 Å². The largest absolute Gasteiger partial charge is 0.378 e. The van der Waals surface area contributed by atoms with E-state index in [0.717, 1.165) is 6.07 Å². The molecule has 1 fully saturated rings. The first-order chi connectivity index (χ1) is 9.80. The molecule has 1 aliphatic rings. The van der Waals surface area contributed by atoms with Crippen LogP contribution in [-0.2, 0) is 19.5 Å². The van der Waals surface area contributed by atoms with E-state index < -0.39 is 26.2 Å². The fourth-order valence-electron chi connectivity index (χ4n) is 1.85. The van der Waals surface area contributed by atoms with Crippen LogP contribution in [0, 0.1) is 10.1 Å². The summed E-state index contributed by atoms with van der Waals surface area (Å²) in [4.78, 5) is 9.98. The Balaban J connectivity index is 2.15. The topological polar surface area (TPSA) is 108 Å². The highest BCUT2D eigenvalue weighted by Crippen LogP contribution is 2.36. The van der Waals surface area contributed by atoms with E-state index in [0.29, 0.717) is 24.4 Å². The lowest BCUT2D eigenvalue weighted by molar-refractivity contribution is -0.384. The van der Waals surface area contributed by atoms with Gasteiger partial charge in [0, 0.05) is 32.7 Å². The van der Waals surface area contributed by atoms with Crippen LogP contribution in [0.2, 0.25) is 4.34 Å². The van der Waals surface area contributed by atoms with E-state index in [4.69, 9.17) is 21.1 Å². The first-order valence-electron chi connectivity index (χ1n) is 5.86.